The maximum atomic E-state index is 12.4. The summed E-state index contributed by atoms with van der Waals surface area (Å²) < 4.78 is 10.2. The van der Waals surface area contributed by atoms with Gasteiger partial charge in [0.2, 0.25) is 5.91 Å². The normalized spacial score (nSPS) is 11.8. The van der Waals surface area contributed by atoms with Crippen LogP contribution in [0.3, 0.4) is 0 Å². The van der Waals surface area contributed by atoms with Crippen LogP contribution in [-0.4, -0.2) is 23.7 Å². The van der Waals surface area contributed by atoms with Crippen molar-refractivity contribution in [2.24, 2.45) is 0 Å². The summed E-state index contributed by atoms with van der Waals surface area (Å²) in [6, 6.07) is 10.4. The molecule has 1 amide bonds. The zero-order chi connectivity index (χ0) is 17.4. The highest BCUT2D eigenvalue weighted by Gasteiger charge is 2.18. The van der Waals surface area contributed by atoms with E-state index in [4.69, 9.17) is 9.15 Å². The molecule has 0 spiro atoms. The summed E-state index contributed by atoms with van der Waals surface area (Å²) in [5, 5.41) is 2.71. The van der Waals surface area contributed by atoms with Gasteiger partial charge in [0.1, 0.15) is 5.76 Å². The van der Waals surface area contributed by atoms with Crippen molar-refractivity contribution in [3.8, 4) is 0 Å². The number of amides is 1. The largest absolute Gasteiger partial charge is 0.468 e. The first-order chi connectivity index (χ1) is 11.6. The molecule has 0 saturated heterocycles. The Hall–Kier alpha value is -2.21. The lowest BCUT2D eigenvalue weighted by atomic mass is 10.2. The molecule has 24 heavy (non-hydrogen) atoms. The van der Waals surface area contributed by atoms with Crippen molar-refractivity contribution >= 4 is 29.3 Å². The number of furan rings is 1. The Labute approximate surface area is 145 Å². The number of anilines is 1. The average molecular weight is 347 g/mol. The van der Waals surface area contributed by atoms with Gasteiger partial charge in [0.25, 0.3) is 0 Å². The number of rotatable bonds is 8. The topological polar surface area (TPSA) is 68.5 Å². The van der Waals surface area contributed by atoms with Crippen molar-refractivity contribution in [2.75, 3.05) is 11.9 Å². The molecule has 1 aromatic carbocycles. The molecule has 1 heterocycles. The minimum absolute atomic E-state index is 0.0575. The number of nitrogens with one attached hydrogen (secondary N) is 1. The second-order valence-corrected chi connectivity index (χ2v) is 6.27. The van der Waals surface area contributed by atoms with Crippen LogP contribution in [0.5, 0.6) is 0 Å². The molecule has 0 saturated carbocycles. The lowest BCUT2D eigenvalue weighted by Gasteiger charge is -2.14. The fraction of sp³-hybridized carbons (Fsp3) is 0.333. The summed E-state index contributed by atoms with van der Waals surface area (Å²) in [6.07, 6.45) is 2.35. The zero-order valence-electron chi connectivity index (χ0n) is 13.8. The third-order valence-electron chi connectivity index (χ3n) is 3.33. The van der Waals surface area contributed by atoms with Crippen LogP contribution in [0, 0.1) is 0 Å². The van der Waals surface area contributed by atoms with Crippen LogP contribution < -0.4 is 5.32 Å². The molecule has 6 heteroatoms. The fourth-order valence-corrected chi connectivity index (χ4v) is 3.06. The average Bonchev–Trinajstić information content (AvgIpc) is 3.10. The number of benzene rings is 1. The molecule has 0 bridgehead atoms. The Kier molecular flexibility index (Phi) is 6.93. The van der Waals surface area contributed by atoms with Gasteiger partial charge >= 0.3 is 5.97 Å². The molecule has 1 atom stereocenters. The second kappa shape index (κ2) is 9.17. The van der Waals surface area contributed by atoms with Gasteiger partial charge in [-0.3, -0.25) is 4.79 Å². The van der Waals surface area contributed by atoms with E-state index >= 15 is 0 Å². The summed E-state index contributed by atoms with van der Waals surface area (Å²) >= 11 is 1.54. The van der Waals surface area contributed by atoms with Crippen LogP contribution in [0.15, 0.2) is 47.1 Å². The van der Waals surface area contributed by atoms with Crippen molar-refractivity contribution in [3.63, 3.8) is 0 Å². The second-order valence-electron chi connectivity index (χ2n) is 5.07. The Morgan fingerprint density at radius 2 is 1.96 bits per heavy atom. The lowest BCUT2D eigenvalue weighted by Crippen LogP contribution is -2.24. The van der Waals surface area contributed by atoms with Crippen LogP contribution in [0.1, 0.15) is 36.4 Å². The first-order valence-corrected chi connectivity index (χ1v) is 8.91. The number of hydrogen-bond donors (Lipinski definition) is 1. The molecule has 2 aromatic rings. The van der Waals surface area contributed by atoms with Crippen LogP contribution in [-0.2, 0) is 15.3 Å². The van der Waals surface area contributed by atoms with Crippen molar-refractivity contribution in [3.05, 3.63) is 54.0 Å². The summed E-state index contributed by atoms with van der Waals surface area (Å²) in [5.74, 6) is 1.08. The van der Waals surface area contributed by atoms with Gasteiger partial charge in [0.15, 0.2) is 0 Å². The lowest BCUT2D eigenvalue weighted by molar-refractivity contribution is -0.115. The van der Waals surface area contributed by atoms with Crippen LogP contribution in [0.25, 0.3) is 0 Å². The van der Waals surface area contributed by atoms with E-state index in [2.05, 4.69) is 5.32 Å². The zero-order valence-corrected chi connectivity index (χ0v) is 14.6. The molecule has 128 valence electrons. The molecular weight excluding hydrogens is 326 g/mol. The molecule has 0 aliphatic heterocycles. The van der Waals surface area contributed by atoms with Crippen molar-refractivity contribution in [1.29, 1.82) is 0 Å². The summed E-state index contributed by atoms with van der Waals surface area (Å²) in [4.78, 5) is 24.0. The van der Waals surface area contributed by atoms with Crippen LogP contribution in [0.2, 0.25) is 0 Å². The van der Waals surface area contributed by atoms with Crippen LogP contribution >= 0.6 is 11.8 Å². The van der Waals surface area contributed by atoms with Gasteiger partial charge in [-0.1, -0.05) is 6.92 Å². The predicted molar refractivity (Wildman–Crippen MR) is 95.1 cm³/mol. The molecular formula is C18H21NO4S. The summed E-state index contributed by atoms with van der Waals surface area (Å²) in [7, 11) is 0. The van der Waals surface area contributed by atoms with E-state index in [-0.39, 0.29) is 17.1 Å². The van der Waals surface area contributed by atoms with Crippen molar-refractivity contribution < 1.29 is 18.7 Å². The summed E-state index contributed by atoms with van der Waals surface area (Å²) in [6.45, 7) is 4.07. The third-order valence-corrected chi connectivity index (χ3v) is 4.73. The SMILES string of the molecule is CCOC(=O)c1ccc(NC(=O)C(CC)SCc2ccco2)cc1. The van der Waals surface area contributed by atoms with Crippen LogP contribution in [0.4, 0.5) is 5.69 Å². The van der Waals surface area contributed by atoms with E-state index < -0.39 is 0 Å². The smallest absolute Gasteiger partial charge is 0.338 e. The molecule has 0 aliphatic carbocycles. The number of esters is 1. The maximum absolute atomic E-state index is 12.4. The van der Waals surface area contributed by atoms with E-state index in [1.165, 1.54) is 0 Å². The van der Waals surface area contributed by atoms with E-state index in [0.29, 0.717) is 23.6 Å². The fourth-order valence-electron chi connectivity index (χ4n) is 2.08. The Morgan fingerprint density at radius 3 is 2.54 bits per heavy atom. The molecule has 1 unspecified atom stereocenters. The minimum Gasteiger partial charge on any atom is -0.468 e. The molecule has 5 nitrogen and oxygen atoms in total. The number of carbonyl (C=O) groups is 2. The van der Waals surface area contributed by atoms with E-state index in [0.717, 1.165) is 12.2 Å². The quantitative estimate of drug-likeness (QED) is 0.728. The molecule has 1 N–H and O–H groups in total. The molecule has 0 fully saturated rings. The van der Waals surface area contributed by atoms with Gasteiger partial charge in [-0.25, -0.2) is 4.79 Å². The van der Waals surface area contributed by atoms with Gasteiger partial charge in [-0.05, 0) is 49.7 Å². The number of ether oxygens (including phenoxy) is 1. The number of carbonyl (C=O) groups excluding carboxylic acids is 2. The number of thioether (sulfide) groups is 1. The number of hydrogen-bond acceptors (Lipinski definition) is 5. The molecule has 1 aromatic heterocycles. The first kappa shape index (κ1) is 18.1. The van der Waals surface area contributed by atoms with E-state index in [9.17, 15) is 9.59 Å². The molecule has 0 radical (unpaired) electrons. The van der Waals surface area contributed by atoms with Gasteiger partial charge in [0.05, 0.1) is 29.4 Å². The Bertz CT molecular complexity index is 652. The molecule has 2 rings (SSSR count). The standard InChI is InChI=1S/C18H21NO4S/c1-3-16(24-12-15-6-5-11-23-15)17(20)19-14-9-7-13(8-10-14)18(21)22-4-2/h5-11,16H,3-4,12H2,1-2H3,(H,19,20). The van der Waals surface area contributed by atoms with Gasteiger partial charge in [-0.2, -0.15) is 0 Å². The highest BCUT2D eigenvalue weighted by atomic mass is 32.2. The predicted octanol–water partition coefficient (Wildman–Crippen LogP) is 4.11. The van der Waals surface area contributed by atoms with E-state index in [1.54, 1.807) is 49.2 Å². The van der Waals surface area contributed by atoms with Gasteiger partial charge in [0, 0.05) is 5.69 Å². The highest BCUT2D eigenvalue weighted by Crippen LogP contribution is 2.22. The first-order valence-electron chi connectivity index (χ1n) is 7.86. The third kappa shape index (κ3) is 5.16. The van der Waals surface area contributed by atoms with Crippen molar-refractivity contribution in [2.45, 2.75) is 31.3 Å². The monoisotopic (exact) mass is 347 g/mol. The summed E-state index contributed by atoms with van der Waals surface area (Å²) in [5.41, 5.74) is 1.12. The Balaban J connectivity index is 1.90. The minimum atomic E-state index is -0.365. The highest BCUT2D eigenvalue weighted by molar-refractivity contribution is 7.99. The van der Waals surface area contributed by atoms with E-state index in [1.807, 2.05) is 19.1 Å². The van der Waals surface area contributed by atoms with Gasteiger partial charge in [-0.15, -0.1) is 11.8 Å². The maximum Gasteiger partial charge on any atom is 0.338 e. The Morgan fingerprint density at radius 1 is 1.21 bits per heavy atom. The van der Waals surface area contributed by atoms with Gasteiger partial charge < -0.3 is 14.5 Å². The molecule has 0 aliphatic rings. The van der Waals surface area contributed by atoms with Crippen molar-refractivity contribution in [1.82, 2.24) is 0 Å².